The number of hydrogen-bond donors (Lipinski definition) is 2. The van der Waals surface area contributed by atoms with E-state index in [4.69, 9.17) is 4.74 Å². The third kappa shape index (κ3) is 2.02. The lowest BCUT2D eigenvalue weighted by Gasteiger charge is -2.41. The van der Waals surface area contributed by atoms with E-state index in [1.165, 1.54) is 0 Å². The number of nitrogens with zero attached hydrogens (tertiary/aromatic N) is 1. The molecule has 2 atom stereocenters. The van der Waals surface area contributed by atoms with Gasteiger partial charge < -0.3 is 15.2 Å². The number of para-hydroxylation sites is 2. The van der Waals surface area contributed by atoms with Gasteiger partial charge in [0.2, 0.25) is 0 Å². The van der Waals surface area contributed by atoms with Crippen LogP contribution in [0.5, 0.6) is 5.75 Å². The molecule has 0 radical (unpaired) electrons. The predicted octanol–water partition coefficient (Wildman–Crippen LogP) is 2.11. The first-order chi connectivity index (χ1) is 9.63. The summed E-state index contributed by atoms with van der Waals surface area (Å²) in [5.74, 6) is 0.434. The van der Waals surface area contributed by atoms with Crippen LogP contribution in [0.1, 0.15) is 19.8 Å². The SMILES string of the molecule is CC1(C2CCCNC2)COC(=O)N1c1ccccc1O. The third-order valence-corrected chi connectivity index (χ3v) is 4.48. The molecule has 1 aromatic carbocycles. The van der Waals surface area contributed by atoms with Crippen LogP contribution in [-0.4, -0.2) is 36.4 Å². The molecule has 5 heteroatoms. The first kappa shape index (κ1) is 13.2. The Morgan fingerprint density at radius 2 is 2.25 bits per heavy atom. The molecule has 5 nitrogen and oxygen atoms in total. The Morgan fingerprint density at radius 3 is 2.95 bits per heavy atom. The van der Waals surface area contributed by atoms with Crippen LogP contribution in [0.4, 0.5) is 10.5 Å². The summed E-state index contributed by atoms with van der Waals surface area (Å²) in [4.78, 5) is 13.8. The topological polar surface area (TPSA) is 61.8 Å². The van der Waals surface area contributed by atoms with E-state index in [0.29, 0.717) is 18.2 Å². The van der Waals surface area contributed by atoms with Crippen molar-refractivity contribution in [2.75, 3.05) is 24.6 Å². The van der Waals surface area contributed by atoms with E-state index in [2.05, 4.69) is 5.32 Å². The number of phenolic OH excluding ortho intramolecular Hbond substituents is 1. The lowest BCUT2D eigenvalue weighted by molar-refractivity contribution is 0.157. The third-order valence-electron chi connectivity index (χ3n) is 4.48. The highest BCUT2D eigenvalue weighted by molar-refractivity contribution is 5.93. The van der Waals surface area contributed by atoms with Crippen molar-refractivity contribution >= 4 is 11.8 Å². The van der Waals surface area contributed by atoms with E-state index in [1.54, 1.807) is 23.1 Å². The zero-order valence-electron chi connectivity index (χ0n) is 11.6. The maximum atomic E-state index is 12.2. The summed E-state index contributed by atoms with van der Waals surface area (Å²) in [5.41, 5.74) is 0.117. The fourth-order valence-electron chi connectivity index (χ4n) is 3.26. The van der Waals surface area contributed by atoms with E-state index in [-0.39, 0.29) is 11.8 Å². The first-order valence-corrected chi connectivity index (χ1v) is 7.08. The number of amides is 1. The average Bonchev–Trinajstić information content (AvgIpc) is 2.78. The molecule has 1 amide bonds. The second-order valence-corrected chi connectivity index (χ2v) is 5.78. The molecule has 2 aliphatic rings. The number of piperidine rings is 1. The highest BCUT2D eigenvalue weighted by Gasteiger charge is 2.50. The molecule has 2 N–H and O–H groups in total. The largest absolute Gasteiger partial charge is 0.506 e. The molecule has 2 heterocycles. The summed E-state index contributed by atoms with van der Waals surface area (Å²) in [6, 6.07) is 6.93. The standard InChI is InChI=1S/C15H20N2O3/c1-15(11-5-4-8-16-9-11)10-20-14(19)17(15)12-6-2-3-7-13(12)18/h2-3,6-7,11,16,18H,4-5,8-10H2,1H3. The Hall–Kier alpha value is -1.75. The van der Waals surface area contributed by atoms with Crippen LogP contribution in [0.3, 0.4) is 0 Å². The summed E-state index contributed by atoms with van der Waals surface area (Å²) in [6.45, 7) is 4.31. The van der Waals surface area contributed by atoms with Gasteiger partial charge in [0.1, 0.15) is 12.4 Å². The van der Waals surface area contributed by atoms with Gasteiger partial charge in [-0.15, -0.1) is 0 Å². The van der Waals surface area contributed by atoms with Crippen LogP contribution in [0.2, 0.25) is 0 Å². The van der Waals surface area contributed by atoms with Crippen molar-refractivity contribution in [3.05, 3.63) is 24.3 Å². The number of anilines is 1. The number of rotatable bonds is 2. The van der Waals surface area contributed by atoms with Crippen LogP contribution in [-0.2, 0) is 4.74 Å². The van der Waals surface area contributed by atoms with Crippen LogP contribution in [0, 0.1) is 5.92 Å². The molecule has 0 bridgehead atoms. The van der Waals surface area contributed by atoms with E-state index >= 15 is 0 Å². The zero-order valence-corrected chi connectivity index (χ0v) is 11.6. The van der Waals surface area contributed by atoms with Crippen molar-refractivity contribution in [1.82, 2.24) is 5.32 Å². The Morgan fingerprint density at radius 1 is 1.45 bits per heavy atom. The van der Waals surface area contributed by atoms with Crippen LogP contribution < -0.4 is 10.2 Å². The van der Waals surface area contributed by atoms with Crippen LogP contribution >= 0.6 is 0 Å². The van der Waals surface area contributed by atoms with Crippen molar-refractivity contribution in [2.45, 2.75) is 25.3 Å². The van der Waals surface area contributed by atoms with Gasteiger partial charge in [-0.05, 0) is 44.4 Å². The van der Waals surface area contributed by atoms with E-state index < -0.39 is 5.54 Å². The Balaban J connectivity index is 1.97. The quantitative estimate of drug-likeness (QED) is 0.868. The predicted molar refractivity (Wildman–Crippen MR) is 75.9 cm³/mol. The molecule has 0 saturated carbocycles. The van der Waals surface area contributed by atoms with Gasteiger partial charge in [0.15, 0.2) is 0 Å². The molecular formula is C15H20N2O3. The number of nitrogens with one attached hydrogen (secondary N) is 1. The second kappa shape index (κ2) is 4.98. The Bertz CT molecular complexity index is 514. The summed E-state index contributed by atoms with van der Waals surface area (Å²) in [5, 5.41) is 13.4. The average molecular weight is 276 g/mol. The fraction of sp³-hybridized carbons (Fsp3) is 0.533. The highest BCUT2D eigenvalue weighted by atomic mass is 16.6. The summed E-state index contributed by atoms with van der Waals surface area (Å²) in [7, 11) is 0. The van der Waals surface area contributed by atoms with Crippen molar-refractivity contribution in [3.8, 4) is 5.75 Å². The van der Waals surface area contributed by atoms with E-state index in [0.717, 1.165) is 25.9 Å². The van der Waals surface area contributed by atoms with Gasteiger partial charge in [-0.2, -0.15) is 0 Å². The number of hydrogen-bond acceptors (Lipinski definition) is 4. The fourth-order valence-corrected chi connectivity index (χ4v) is 3.26. The minimum atomic E-state index is -0.413. The molecule has 108 valence electrons. The maximum absolute atomic E-state index is 12.2. The van der Waals surface area contributed by atoms with Gasteiger partial charge in [0.25, 0.3) is 0 Å². The number of carbonyl (C=O) groups excluding carboxylic acids is 1. The van der Waals surface area contributed by atoms with Gasteiger partial charge in [0.05, 0.1) is 11.2 Å². The molecule has 2 aliphatic heterocycles. The van der Waals surface area contributed by atoms with Crippen LogP contribution in [0.15, 0.2) is 24.3 Å². The number of ether oxygens (including phenoxy) is 1. The lowest BCUT2D eigenvalue weighted by Crippen LogP contribution is -2.55. The number of carbonyl (C=O) groups is 1. The Kier molecular flexibility index (Phi) is 3.30. The molecule has 3 rings (SSSR count). The maximum Gasteiger partial charge on any atom is 0.415 e. The molecule has 2 fully saturated rings. The van der Waals surface area contributed by atoms with E-state index in [9.17, 15) is 9.90 Å². The summed E-state index contributed by atoms with van der Waals surface area (Å²) < 4.78 is 5.29. The zero-order chi connectivity index (χ0) is 14.2. The molecule has 2 saturated heterocycles. The normalized spacial score (nSPS) is 30.4. The minimum Gasteiger partial charge on any atom is -0.506 e. The molecule has 0 aliphatic carbocycles. The summed E-state index contributed by atoms with van der Waals surface area (Å²) >= 11 is 0. The van der Waals surface area contributed by atoms with Gasteiger partial charge in [-0.1, -0.05) is 12.1 Å². The lowest BCUT2D eigenvalue weighted by atomic mass is 9.80. The van der Waals surface area contributed by atoms with E-state index in [1.807, 2.05) is 13.0 Å². The number of aromatic hydroxyl groups is 1. The monoisotopic (exact) mass is 276 g/mol. The molecular weight excluding hydrogens is 256 g/mol. The van der Waals surface area contributed by atoms with Crippen molar-refractivity contribution in [2.24, 2.45) is 5.92 Å². The van der Waals surface area contributed by atoms with Crippen LogP contribution in [0.25, 0.3) is 0 Å². The van der Waals surface area contributed by atoms with Gasteiger partial charge in [0, 0.05) is 6.54 Å². The van der Waals surface area contributed by atoms with Crippen molar-refractivity contribution in [3.63, 3.8) is 0 Å². The molecule has 2 unspecified atom stereocenters. The van der Waals surface area contributed by atoms with Gasteiger partial charge in [-0.3, -0.25) is 4.90 Å². The highest BCUT2D eigenvalue weighted by Crippen LogP contribution is 2.41. The van der Waals surface area contributed by atoms with Gasteiger partial charge in [-0.25, -0.2) is 4.79 Å². The number of cyclic esters (lactones) is 1. The minimum absolute atomic E-state index is 0.112. The molecule has 20 heavy (non-hydrogen) atoms. The van der Waals surface area contributed by atoms with Gasteiger partial charge >= 0.3 is 6.09 Å². The Labute approximate surface area is 118 Å². The molecule has 0 aromatic heterocycles. The van der Waals surface area contributed by atoms with Crippen molar-refractivity contribution < 1.29 is 14.6 Å². The number of benzene rings is 1. The molecule has 0 spiro atoms. The molecule has 1 aromatic rings. The smallest absolute Gasteiger partial charge is 0.415 e. The first-order valence-electron chi connectivity index (χ1n) is 7.08. The number of phenols is 1. The van der Waals surface area contributed by atoms with Crippen molar-refractivity contribution in [1.29, 1.82) is 0 Å². The second-order valence-electron chi connectivity index (χ2n) is 5.78. The summed E-state index contributed by atoms with van der Waals surface area (Å²) in [6.07, 6.45) is 1.78.